The summed E-state index contributed by atoms with van der Waals surface area (Å²) in [7, 11) is 2.12. The number of thiophene rings is 1. The first-order chi connectivity index (χ1) is 6.59. The van der Waals surface area contributed by atoms with Crippen LogP contribution in [0.5, 0.6) is 0 Å². The summed E-state index contributed by atoms with van der Waals surface area (Å²) in [5, 5.41) is 3.42. The minimum Gasteiger partial charge on any atom is -0.366 e. The summed E-state index contributed by atoms with van der Waals surface area (Å²) < 4.78 is 1.16. The summed E-state index contributed by atoms with van der Waals surface area (Å²) in [5.41, 5.74) is 5.70. The Balaban J connectivity index is 2.32. The summed E-state index contributed by atoms with van der Waals surface area (Å²) in [4.78, 5) is 2.28. The largest absolute Gasteiger partial charge is 0.366 e. The number of rotatable bonds is 5. The Morgan fingerprint density at radius 2 is 2.36 bits per heavy atom. The predicted molar refractivity (Wildman–Crippen MR) is 68.2 cm³/mol. The topological polar surface area (TPSA) is 29.3 Å². The number of anilines is 1. The second kappa shape index (κ2) is 5.73. The van der Waals surface area contributed by atoms with Crippen molar-refractivity contribution in [3.8, 4) is 0 Å². The number of halogens is 1. The summed E-state index contributed by atoms with van der Waals surface area (Å²) >= 11 is 5.22. The average Bonchev–Trinajstić information content (AvgIpc) is 2.51. The first kappa shape index (κ1) is 12.0. The van der Waals surface area contributed by atoms with Gasteiger partial charge in [-0.25, -0.2) is 0 Å². The predicted octanol–water partition coefficient (Wildman–Crippen LogP) is 3.07. The maximum absolute atomic E-state index is 5.70. The molecule has 2 nitrogen and oxygen atoms in total. The van der Waals surface area contributed by atoms with Gasteiger partial charge in [-0.3, -0.25) is 0 Å². The molecule has 0 amide bonds. The number of nitrogens with zero attached hydrogens (tertiary/aromatic N) is 1. The van der Waals surface area contributed by atoms with Gasteiger partial charge in [0, 0.05) is 29.5 Å². The molecule has 0 spiro atoms. The fraction of sp³-hybridized carbons (Fsp3) is 0.600. The average molecular weight is 277 g/mol. The van der Waals surface area contributed by atoms with E-state index in [4.69, 9.17) is 5.73 Å². The van der Waals surface area contributed by atoms with Gasteiger partial charge in [0.15, 0.2) is 0 Å². The van der Waals surface area contributed by atoms with Gasteiger partial charge in [-0.15, -0.1) is 11.3 Å². The summed E-state index contributed by atoms with van der Waals surface area (Å²) in [6.45, 7) is 3.14. The molecule has 0 aliphatic carbocycles. The lowest BCUT2D eigenvalue weighted by molar-refractivity contribution is 0.622. The van der Waals surface area contributed by atoms with Crippen molar-refractivity contribution >= 4 is 32.3 Å². The SMILES string of the molecule is CC(N)CCCN(C)c1cc(Br)cs1. The third-order valence-corrected chi connectivity index (χ3v) is 3.89. The lowest BCUT2D eigenvalue weighted by Gasteiger charge is -2.17. The van der Waals surface area contributed by atoms with Crippen molar-refractivity contribution in [1.82, 2.24) is 0 Å². The molecule has 0 aromatic carbocycles. The maximum Gasteiger partial charge on any atom is 0.0917 e. The van der Waals surface area contributed by atoms with E-state index in [0.717, 1.165) is 23.9 Å². The molecule has 0 bridgehead atoms. The lowest BCUT2D eigenvalue weighted by Crippen LogP contribution is -2.21. The number of nitrogens with two attached hydrogens (primary N) is 1. The van der Waals surface area contributed by atoms with Crippen LogP contribution >= 0.6 is 27.3 Å². The van der Waals surface area contributed by atoms with Crippen molar-refractivity contribution in [2.45, 2.75) is 25.8 Å². The Morgan fingerprint density at radius 3 is 2.86 bits per heavy atom. The molecule has 0 fully saturated rings. The van der Waals surface area contributed by atoms with Crippen LogP contribution in [0.3, 0.4) is 0 Å². The van der Waals surface area contributed by atoms with Gasteiger partial charge in [-0.1, -0.05) is 0 Å². The van der Waals surface area contributed by atoms with Gasteiger partial charge in [0.1, 0.15) is 0 Å². The first-order valence-electron chi connectivity index (χ1n) is 4.80. The minimum atomic E-state index is 0.318. The molecule has 1 aromatic heterocycles. The molecule has 1 aromatic rings. The van der Waals surface area contributed by atoms with Crippen LogP contribution in [0.25, 0.3) is 0 Å². The molecule has 0 aliphatic heterocycles. The summed E-state index contributed by atoms with van der Waals surface area (Å²) in [6, 6.07) is 2.47. The van der Waals surface area contributed by atoms with Crippen molar-refractivity contribution in [3.05, 3.63) is 15.9 Å². The van der Waals surface area contributed by atoms with E-state index in [1.807, 2.05) is 0 Å². The van der Waals surface area contributed by atoms with Gasteiger partial charge in [0.2, 0.25) is 0 Å². The van der Waals surface area contributed by atoms with Crippen molar-refractivity contribution in [2.75, 3.05) is 18.5 Å². The molecule has 14 heavy (non-hydrogen) atoms. The van der Waals surface area contributed by atoms with E-state index in [1.54, 1.807) is 11.3 Å². The lowest BCUT2D eigenvalue weighted by atomic mass is 10.2. The van der Waals surface area contributed by atoms with E-state index >= 15 is 0 Å². The highest BCUT2D eigenvalue weighted by Crippen LogP contribution is 2.27. The Morgan fingerprint density at radius 1 is 1.64 bits per heavy atom. The van der Waals surface area contributed by atoms with Gasteiger partial charge in [-0.05, 0) is 41.8 Å². The van der Waals surface area contributed by atoms with E-state index in [1.165, 1.54) is 5.00 Å². The van der Waals surface area contributed by atoms with E-state index in [0.29, 0.717) is 6.04 Å². The van der Waals surface area contributed by atoms with Crippen LogP contribution in [0.15, 0.2) is 15.9 Å². The molecular formula is C10H17BrN2S. The van der Waals surface area contributed by atoms with Crippen LogP contribution in [-0.4, -0.2) is 19.6 Å². The van der Waals surface area contributed by atoms with Crippen molar-refractivity contribution in [1.29, 1.82) is 0 Å². The Labute approximate surface area is 98.2 Å². The fourth-order valence-corrected chi connectivity index (χ4v) is 2.68. The van der Waals surface area contributed by atoms with Crippen LogP contribution in [0, 0.1) is 0 Å². The molecule has 0 radical (unpaired) electrons. The highest BCUT2D eigenvalue weighted by atomic mass is 79.9. The zero-order chi connectivity index (χ0) is 10.6. The summed E-state index contributed by atoms with van der Waals surface area (Å²) in [6.07, 6.45) is 2.25. The molecule has 0 saturated carbocycles. The van der Waals surface area contributed by atoms with E-state index in [9.17, 15) is 0 Å². The summed E-state index contributed by atoms with van der Waals surface area (Å²) in [5.74, 6) is 0. The second-order valence-electron chi connectivity index (χ2n) is 3.64. The zero-order valence-electron chi connectivity index (χ0n) is 8.66. The Hall–Kier alpha value is -0.0600. The standard InChI is InChI=1S/C10H17BrN2S/c1-8(12)4-3-5-13(2)10-6-9(11)7-14-10/h6-8H,3-5,12H2,1-2H3. The van der Waals surface area contributed by atoms with Gasteiger partial charge >= 0.3 is 0 Å². The monoisotopic (exact) mass is 276 g/mol. The van der Waals surface area contributed by atoms with Gasteiger partial charge in [0.05, 0.1) is 5.00 Å². The quantitative estimate of drug-likeness (QED) is 0.896. The molecule has 1 atom stereocenters. The molecular weight excluding hydrogens is 260 g/mol. The normalized spacial score (nSPS) is 12.9. The van der Waals surface area contributed by atoms with Crippen LogP contribution in [0.2, 0.25) is 0 Å². The van der Waals surface area contributed by atoms with E-state index in [-0.39, 0.29) is 0 Å². The van der Waals surface area contributed by atoms with Crippen LogP contribution in [0.1, 0.15) is 19.8 Å². The third-order valence-electron chi connectivity index (χ3n) is 2.08. The van der Waals surface area contributed by atoms with Crippen molar-refractivity contribution in [2.24, 2.45) is 5.73 Å². The molecule has 1 heterocycles. The van der Waals surface area contributed by atoms with Crippen LogP contribution < -0.4 is 10.6 Å². The van der Waals surface area contributed by atoms with Crippen LogP contribution in [0.4, 0.5) is 5.00 Å². The van der Waals surface area contributed by atoms with Gasteiger partial charge in [0.25, 0.3) is 0 Å². The molecule has 1 rings (SSSR count). The fourth-order valence-electron chi connectivity index (χ4n) is 1.26. The molecule has 0 aliphatic rings. The maximum atomic E-state index is 5.70. The molecule has 80 valence electrons. The number of hydrogen-bond acceptors (Lipinski definition) is 3. The van der Waals surface area contributed by atoms with Gasteiger partial charge in [-0.2, -0.15) is 0 Å². The minimum absolute atomic E-state index is 0.318. The van der Waals surface area contributed by atoms with Gasteiger partial charge < -0.3 is 10.6 Å². The van der Waals surface area contributed by atoms with Crippen molar-refractivity contribution in [3.63, 3.8) is 0 Å². The first-order valence-corrected chi connectivity index (χ1v) is 6.47. The van der Waals surface area contributed by atoms with E-state index in [2.05, 4.69) is 46.2 Å². The molecule has 2 N–H and O–H groups in total. The molecule has 1 unspecified atom stereocenters. The molecule has 0 saturated heterocycles. The highest BCUT2D eigenvalue weighted by Gasteiger charge is 2.03. The molecule has 4 heteroatoms. The third kappa shape index (κ3) is 3.98. The van der Waals surface area contributed by atoms with Crippen molar-refractivity contribution < 1.29 is 0 Å². The highest BCUT2D eigenvalue weighted by molar-refractivity contribution is 9.10. The van der Waals surface area contributed by atoms with Crippen LogP contribution in [-0.2, 0) is 0 Å². The zero-order valence-corrected chi connectivity index (χ0v) is 11.1. The number of hydrogen-bond donors (Lipinski definition) is 1. The Kier molecular flexibility index (Phi) is 4.92. The smallest absolute Gasteiger partial charge is 0.0917 e. The Bertz CT molecular complexity index is 273. The van der Waals surface area contributed by atoms with E-state index < -0.39 is 0 Å². The second-order valence-corrected chi connectivity index (χ2v) is 5.45.